The van der Waals surface area contributed by atoms with Gasteiger partial charge in [0.2, 0.25) is 0 Å². The zero-order valence-corrected chi connectivity index (χ0v) is 13.8. The zero-order chi connectivity index (χ0) is 16.5. The number of aryl methyl sites for hydroxylation is 1. The zero-order valence-electron chi connectivity index (χ0n) is 13.8. The molecule has 3 N–H and O–H groups in total. The van der Waals surface area contributed by atoms with Crippen molar-refractivity contribution in [3.8, 4) is 11.1 Å². The van der Waals surface area contributed by atoms with Crippen molar-refractivity contribution >= 4 is 16.9 Å². The summed E-state index contributed by atoms with van der Waals surface area (Å²) in [6, 6.07) is 8.64. The van der Waals surface area contributed by atoms with E-state index in [4.69, 9.17) is 0 Å². The van der Waals surface area contributed by atoms with Gasteiger partial charge in [0.05, 0.1) is 6.10 Å². The first-order valence-corrected chi connectivity index (χ1v) is 8.55. The molecular weight excluding hydrogens is 300 g/mol. The molecule has 3 heterocycles. The molecule has 5 nitrogen and oxygen atoms in total. The lowest BCUT2D eigenvalue weighted by Gasteiger charge is -2.26. The van der Waals surface area contributed by atoms with Crippen LogP contribution < -0.4 is 5.32 Å². The van der Waals surface area contributed by atoms with E-state index in [0.29, 0.717) is 6.04 Å². The third-order valence-corrected chi connectivity index (χ3v) is 4.76. The van der Waals surface area contributed by atoms with Crippen LogP contribution in [0.5, 0.6) is 0 Å². The van der Waals surface area contributed by atoms with Crippen molar-refractivity contribution < 1.29 is 5.11 Å². The Kier molecular flexibility index (Phi) is 3.94. The highest BCUT2D eigenvalue weighted by atomic mass is 16.3. The highest BCUT2D eigenvalue weighted by molar-refractivity contribution is 5.93. The molecule has 124 valence electrons. The van der Waals surface area contributed by atoms with E-state index in [1.165, 1.54) is 0 Å². The summed E-state index contributed by atoms with van der Waals surface area (Å²) >= 11 is 0. The average molecular weight is 322 g/mol. The van der Waals surface area contributed by atoms with Crippen LogP contribution in [0.15, 0.2) is 36.7 Å². The van der Waals surface area contributed by atoms with Gasteiger partial charge in [0.15, 0.2) is 0 Å². The van der Waals surface area contributed by atoms with Gasteiger partial charge in [-0.3, -0.25) is 0 Å². The van der Waals surface area contributed by atoms with Crippen LogP contribution in [0, 0.1) is 6.92 Å². The number of rotatable bonds is 3. The molecular formula is C19H22N4O. The molecule has 3 aromatic rings. The average Bonchev–Trinajstić information content (AvgIpc) is 3.01. The maximum atomic E-state index is 9.65. The first kappa shape index (κ1) is 15.1. The normalized spacial score (nSPS) is 21.1. The number of hydrogen-bond acceptors (Lipinski definition) is 4. The van der Waals surface area contributed by atoms with Gasteiger partial charge in [0.1, 0.15) is 11.5 Å². The summed E-state index contributed by atoms with van der Waals surface area (Å²) in [5, 5.41) is 14.3. The number of nitrogens with one attached hydrogen (secondary N) is 2. The first-order chi connectivity index (χ1) is 11.7. The van der Waals surface area contributed by atoms with Crippen LogP contribution >= 0.6 is 0 Å². The summed E-state index contributed by atoms with van der Waals surface area (Å²) in [7, 11) is 0. The van der Waals surface area contributed by atoms with Gasteiger partial charge in [0, 0.05) is 35.1 Å². The van der Waals surface area contributed by atoms with E-state index in [0.717, 1.165) is 59.4 Å². The van der Waals surface area contributed by atoms with Gasteiger partial charge >= 0.3 is 0 Å². The van der Waals surface area contributed by atoms with Crippen LogP contribution in [0.4, 0.5) is 5.82 Å². The fraction of sp³-hybridized carbons (Fsp3) is 0.368. The highest BCUT2D eigenvalue weighted by Gasteiger charge is 2.19. The number of hydrogen-bond donors (Lipinski definition) is 3. The summed E-state index contributed by atoms with van der Waals surface area (Å²) in [6.45, 7) is 2.02. The number of fused-ring (bicyclic) bond motifs is 1. The minimum absolute atomic E-state index is 0.136. The molecule has 0 unspecified atom stereocenters. The molecule has 0 amide bonds. The predicted octanol–water partition coefficient (Wildman–Crippen LogP) is 3.65. The molecule has 0 bridgehead atoms. The number of aromatic nitrogens is 3. The van der Waals surface area contributed by atoms with Gasteiger partial charge in [-0.1, -0.05) is 0 Å². The van der Waals surface area contributed by atoms with E-state index in [1.807, 2.05) is 19.2 Å². The second kappa shape index (κ2) is 6.24. The van der Waals surface area contributed by atoms with Crippen LogP contribution in [0.1, 0.15) is 31.4 Å². The molecule has 4 rings (SSSR count). The Morgan fingerprint density at radius 1 is 1.21 bits per heavy atom. The molecule has 0 aromatic carbocycles. The minimum atomic E-state index is -0.136. The van der Waals surface area contributed by atoms with Crippen molar-refractivity contribution in [1.82, 2.24) is 15.0 Å². The summed E-state index contributed by atoms with van der Waals surface area (Å²) in [5.41, 5.74) is 4.17. The molecule has 0 saturated heterocycles. The number of aliphatic hydroxyl groups is 1. The van der Waals surface area contributed by atoms with Gasteiger partial charge < -0.3 is 15.4 Å². The predicted molar refractivity (Wildman–Crippen MR) is 95.9 cm³/mol. The van der Waals surface area contributed by atoms with Crippen LogP contribution in [0.25, 0.3) is 22.2 Å². The van der Waals surface area contributed by atoms with Gasteiger partial charge in [-0.25, -0.2) is 9.97 Å². The molecule has 24 heavy (non-hydrogen) atoms. The van der Waals surface area contributed by atoms with Gasteiger partial charge in [0.25, 0.3) is 0 Å². The van der Waals surface area contributed by atoms with Crippen molar-refractivity contribution in [1.29, 1.82) is 0 Å². The van der Waals surface area contributed by atoms with Crippen molar-refractivity contribution in [2.24, 2.45) is 0 Å². The second-order valence-electron chi connectivity index (χ2n) is 6.63. The number of aliphatic hydroxyl groups excluding tert-OH is 1. The van der Waals surface area contributed by atoms with Crippen molar-refractivity contribution in [2.45, 2.75) is 44.8 Å². The van der Waals surface area contributed by atoms with E-state index in [9.17, 15) is 5.11 Å². The fourth-order valence-electron chi connectivity index (χ4n) is 3.52. The molecule has 1 aliphatic carbocycles. The SMILES string of the molecule is Cc1cc(-c2c[nH]c3ncccc23)cc(NC2CCC(O)CC2)n1. The minimum Gasteiger partial charge on any atom is -0.393 e. The number of aromatic amines is 1. The van der Waals surface area contributed by atoms with Crippen LogP contribution in [0.3, 0.4) is 0 Å². The smallest absolute Gasteiger partial charge is 0.137 e. The third kappa shape index (κ3) is 2.99. The molecule has 1 fully saturated rings. The van der Waals surface area contributed by atoms with Gasteiger partial charge in [-0.2, -0.15) is 0 Å². The Labute approximate surface area is 141 Å². The number of nitrogens with zero attached hydrogens (tertiary/aromatic N) is 2. The van der Waals surface area contributed by atoms with Crippen LogP contribution in [0.2, 0.25) is 0 Å². The third-order valence-electron chi connectivity index (χ3n) is 4.76. The Bertz CT molecular complexity index is 849. The number of anilines is 1. The summed E-state index contributed by atoms with van der Waals surface area (Å²) < 4.78 is 0. The molecule has 0 radical (unpaired) electrons. The largest absolute Gasteiger partial charge is 0.393 e. The quantitative estimate of drug-likeness (QED) is 0.688. The second-order valence-corrected chi connectivity index (χ2v) is 6.63. The Hall–Kier alpha value is -2.40. The molecule has 5 heteroatoms. The lowest BCUT2D eigenvalue weighted by Crippen LogP contribution is -2.28. The van der Waals surface area contributed by atoms with Crippen molar-refractivity contribution in [3.63, 3.8) is 0 Å². The van der Waals surface area contributed by atoms with E-state index in [-0.39, 0.29) is 6.10 Å². The van der Waals surface area contributed by atoms with Crippen LogP contribution in [-0.2, 0) is 0 Å². The molecule has 1 aliphatic rings. The molecule has 0 aliphatic heterocycles. The Balaban J connectivity index is 1.64. The monoisotopic (exact) mass is 322 g/mol. The lowest BCUT2D eigenvalue weighted by molar-refractivity contribution is 0.126. The number of H-pyrrole nitrogens is 1. The summed E-state index contributed by atoms with van der Waals surface area (Å²) in [5.74, 6) is 0.907. The summed E-state index contributed by atoms with van der Waals surface area (Å²) in [6.07, 6.45) is 7.38. The maximum Gasteiger partial charge on any atom is 0.137 e. The fourth-order valence-corrected chi connectivity index (χ4v) is 3.52. The number of pyridine rings is 2. The summed E-state index contributed by atoms with van der Waals surface area (Å²) in [4.78, 5) is 12.2. The maximum absolute atomic E-state index is 9.65. The highest BCUT2D eigenvalue weighted by Crippen LogP contribution is 2.30. The van der Waals surface area contributed by atoms with E-state index in [1.54, 1.807) is 6.20 Å². The molecule has 3 aromatic heterocycles. The van der Waals surface area contributed by atoms with E-state index in [2.05, 4.69) is 38.5 Å². The van der Waals surface area contributed by atoms with Crippen LogP contribution in [-0.4, -0.2) is 32.2 Å². The standard InChI is InChI=1S/C19H22N4O/c1-12-9-13(17-11-21-19-16(17)3-2-8-20-19)10-18(22-12)23-14-4-6-15(24)7-5-14/h2-3,8-11,14-15,24H,4-7H2,1H3,(H,20,21)(H,22,23). The molecule has 0 atom stereocenters. The Morgan fingerprint density at radius 2 is 2.04 bits per heavy atom. The topological polar surface area (TPSA) is 73.8 Å². The van der Waals surface area contributed by atoms with Crippen molar-refractivity contribution in [2.75, 3.05) is 5.32 Å². The lowest BCUT2D eigenvalue weighted by atomic mass is 9.93. The van der Waals surface area contributed by atoms with E-state index < -0.39 is 0 Å². The van der Waals surface area contributed by atoms with E-state index >= 15 is 0 Å². The first-order valence-electron chi connectivity index (χ1n) is 8.55. The van der Waals surface area contributed by atoms with Gasteiger partial charge in [-0.05, 0) is 62.4 Å². The van der Waals surface area contributed by atoms with Gasteiger partial charge in [-0.15, -0.1) is 0 Å². The Morgan fingerprint density at radius 3 is 2.88 bits per heavy atom. The van der Waals surface area contributed by atoms with Crippen molar-refractivity contribution in [3.05, 3.63) is 42.4 Å². The molecule has 1 saturated carbocycles. The molecule has 0 spiro atoms.